The molecule has 0 aliphatic carbocycles. The van der Waals surface area contributed by atoms with E-state index in [1.807, 2.05) is 0 Å². The third-order valence-electron chi connectivity index (χ3n) is 9.30. The van der Waals surface area contributed by atoms with Crippen molar-refractivity contribution in [2.75, 3.05) is 4.90 Å². The van der Waals surface area contributed by atoms with Gasteiger partial charge in [0.25, 0.3) is 0 Å². The van der Waals surface area contributed by atoms with Gasteiger partial charge in [-0.05, 0) is 61.1 Å². The van der Waals surface area contributed by atoms with Gasteiger partial charge in [-0.2, -0.15) is 0 Å². The van der Waals surface area contributed by atoms with Crippen molar-refractivity contribution in [1.82, 2.24) is 0 Å². The average molecular weight is 594 g/mol. The Labute approximate surface area is 272 Å². The van der Waals surface area contributed by atoms with Crippen molar-refractivity contribution in [2.45, 2.75) is 104 Å². The maximum Gasteiger partial charge on any atom is 0.0619 e. The summed E-state index contributed by atoms with van der Waals surface area (Å²) < 4.78 is 0. The number of rotatable bonds is 17. The van der Waals surface area contributed by atoms with E-state index in [2.05, 4.69) is 122 Å². The Morgan fingerprint density at radius 3 is 1.24 bits per heavy atom. The first-order valence-electron chi connectivity index (χ1n) is 17.6. The molecule has 0 aliphatic heterocycles. The van der Waals surface area contributed by atoms with Crippen LogP contribution < -0.4 is 4.90 Å². The molecule has 0 aromatic heterocycles. The summed E-state index contributed by atoms with van der Waals surface area (Å²) >= 11 is 0. The van der Waals surface area contributed by atoms with Gasteiger partial charge in [0.2, 0.25) is 0 Å². The fourth-order valence-corrected chi connectivity index (χ4v) is 6.75. The minimum Gasteiger partial charge on any atom is -0.309 e. The maximum absolute atomic E-state index is 6.15. The number of fused-ring (bicyclic) bond motifs is 2. The van der Waals surface area contributed by atoms with Gasteiger partial charge in [-0.15, -0.1) is 6.42 Å². The van der Waals surface area contributed by atoms with Crippen LogP contribution >= 0.6 is 0 Å². The third-order valence-corrected chi connectivity index (χ3v) is 9.30. The molecule has 45 heavy (non-hydrogen) atoms. The summed E-state index contributed by atoms with van der Waals surface area (Å²) in [4.78, 5) is 2.45. The summed E-state index contributed by atoms with van der Waals surface area (Å²) in [7, 11) is 0. The van der Waals surface area contributed by atoms with E-state index in [0.717, 1.165) is 29.2 Å². The third kappa shape index (κ3) is 8.18. The van der Waals surface area contributed by atoms with E-state index in [1.165, 1.54) is 116 Å². The largest absolute Gasteiger partial charge is 0.309 e. The Hall–Kier alpha value is -4.02. The van der Waals surface area contributed by atoms with Crippen LogP contribution in [0.1, 0.15) is 108 Å². The van der Waals surface area contributed by atoms with Crippen molar-refractivity contribution in [3.05, 3.63) is 114 Å². The highest BCUT2D eigenvalue weighted by molar-refractivity contribution is 6.17. The molecule has 0 saturated heterocycles. The Balaban J connectivity index is 1.50. The lowest BCUT2D eigenvalue weighted by Crippen LogP contribution is -2.12. The van der Waals surface area contributed by atoms with E-state index < -0.39 is 0 Å². The Kier molecular flexibility index (Phi) is 12.1. The summed E-state index contributed by atoms with van der Waals surface area (Å²) in [5, 5.41) is 4.60. The van der Waals surface area contributed by atoms with Gasteiger partial charge < -0.3 is 4.90 Å². The number of terminal acetylenes is 1. The fourth-order valence-electron chi connectivity index (χ4n) is 6.75. The minimum absolute atomic E-state index is 0.966. The van der Waals surface area contributed by atoms with Crippen LogP contribution in [0.4, 0.5) is 17.1 Å². The van der Waals surface area contributed by atoms with Crippen LogP contribution in [0.5, 0.6) is 0 Å². The molecule has 0 atom stereocenters. The molecule has 0 fully saturated rings. The number of hydrogen-bond donors (Lipinski definition) is 0. The highest BCUT2D eigenvalue weighted by atomic mass is 15.1. The lowest BCUT2D eigenvalue weighted by molar-refractivity contribution is 0.607. The summed E-state index contributed by atoms with van der Waals surface area (Å²) in [6, 6.07) is 35.9. The second kappa shape index (κ2) is 16.9. The summed E-state index contributed by atoms with van der Waals surface area (Å²) in [6.07, 6.45) is 24.3. The molecule has 1 heteroatoms. The number of nitrogens with zero attached hydrogens (tertiary/aromatic N) is 1. The van der Waals surface area contributed by atoms with Crippen LogP contribution in [0.3, 0.4) is 0 Å². The van der Waals surface area contributed by atoms with Crippen LogP contribution in [0.2, 0.25) is 0 Å². The van der Waals surface area contributed by atoms with Crippen LogP contribution in [-0.4, -0.2) is 0 Å². The number of benzene rings is 5. The molecule has 232 valence electrons. The lowest BCUT2D eigenvalue weighted by Gasteiger charge is -2.29. The van der Waals surface area contributed by atoms with E-state index >= 15 is 0 Å². The lowest BCUT2D eigenvalue weighted by atomic mass is 9.93. The number of hydrogen-bond acceptors (Lipinski definition) is 1. The summed E-state index contributed by atoms with van der Waals surface area (Å²) in [6.45, 7) is 4.56. The molecule has 0 amide bonds. The highest BCUT2D eigenvalue weighted by Crippen LogP contribution is 2.45. The predicted octanol–water partition coefficient (Wildman–Crippen LogP) is 13.3. The van der Waals surface area contributed by atoms with E-state index in [-0.39, 0.29) is 0 Å². The highest BCUT2D eigenvalue weighted by Gasteiger charge is 2.21. The fraction of sp³-hybridized carbons (Fsp3) is 0.364. The van der Waals surface area contributed by atoms with Crippen molar-refractivity contribution < 1.29 is 0 Å². The van der Waals surface area contributed by atoms with Gasteiger partial charge in [0, 0.05) is 38.5 Å². The standard InChI is InChI=1S/C44H51N/c1-4-7-9-11-13-15-21-35-27-31-37(32-28-35)45(38-33-29-36(30-34-38)22-16-14-12-10-8-5-2)44-42-25-19-17-23-40(42)39(6-3)41-24-18-20-26-43(41)44/h3,17-20,23-34H,4-5,7-16,21-22H2,1-2H3. The normalized spacial score (nSPS) is 11.2. The van der Waals surface area contributed by atoms with Gasteiger partial charge in [0.1, 0.15) is 0 Å². The zero-order valence-electron chi connectivity index (χ0n) is 27.7. The number of anilines is 3. The van der Waals surface area contributed by atoms with Gasteiger partial charge in [0.05, 0.1) is 5.69 Å². The van der Waals surface area contributed by atoms with Crippen molar-refractivity contribution in [2.24, 2.45) is 0 Å². The molecule has 0 saturated carbocycles. The van der Waals surface area contributed by atoms with Crippen molar-refractivity contribution in [1.29, 1.82) is 0 Å². The zero-order valence-corrected chi connectivity index (χ0v) is 27.7. The minimum atomic E-state index is 0.966. The SMILES string of the molecule is C#Cc1c2ccccc2c(N(c2ccc(CCCCCCCC)cc2)c2ccc(CCCCCCCC)cc2)c2ccccc12. The molecule has 5 rings (SSSR count). The molecule has 0 aliphatic rings. The molecule has 1 nitrogen and oxygen atoms in total. The van der Waals surface area contributed by atoms with E-state index in [0.29, 0.717) is 0 Å². The molecular formula is C44H51N. The Bertz CT molecular complexity index is 1550. The maximum atomic E-state index is 6.15. The van der Waals surface area contributed by atoms with Gasteiger partial charge >= 0.3 is 0 Å². The van der Waals surface area contributed by atoms with Gasteiger partial charge in [-0.25, -0.2) is 0 Å². The van der Waals surface area contributed by atoms with E-state index in [4.69, 9.17) is 6.42 Å². The molecule has 5 aromatic rings. The molecule has 0 N–H and O–H groups in total. The zero-order chi connectivity index (χ0) is 31.3. The van der Waals surface area contributed by atoms with Crippen molar-refractivity contribution >= 4 is 38.6 Å². The van der Waals surface area contributed by atoms with Crippen molar-refractivity contribution in [3.63, 3.8) is 0 Å². The number of aryl methyl sites for hydroxylation is 2. The molecule has 0 unspecified atom stereocenters. The molecule has 0 bridgehead atoms. The van der Waals surface area contributed by atoms with Gasteiger partial charge in [-0.3, -0.25) is 0 Å². The van der Waals surface area contributed by atoms with Crippen molar-refractivity contribution in [3.8, 4) is 12.3 Å². The average Bonchev–Trinajstić information content (AvgIpc) is 3.09. The Morgan fingerprint density at radius 1 is 0.467 bits per heavy atom. The van der Waals surface area contributed by atoms with E-state index in [9.17, 15) is 0 Å². The molecule has 0 radical (unpaired) electrons. The first kappa shape index (κ1) is 32.4. The summed E-state index contributed by atoms with van der Waals surface area (Å²) in [5.41, 5.74) is 7.34. The summed E-state index contributed by atoms with van der Waals surface area (Å²) in [5.74, 6) is 3.03. The van der Waals surface area contributed by atoms with Gasteiger partial charge in [0.15, 0.2) is 0 Å². The molecule has 5 aromatic carbocycles. The van der Waals surface area contributed by atoms with Crippen LogP contribution in [0.25, 0.3) is 21.5 Å². The van der Waals surface area contributed by atoms with Crippen LogP contribution in [-0.2, 0) is 12.8 Å². The second-order valence-electron chi connectivity index (χ2n) is 12.7. The first-order valence-corrected chi connectivity index (χ1v) is 17.6. The monoisotopic (exact) mass is 593 g/mol. The molecule has 0 heterocycles. The Morgan fingerprint density at radius 2 is 0.844 bits per heavy atom. The molecule has 0 spiro atoms. The molecular weight excluding hydrogens is 542 g/mol. The van der Waals surface area contributed by atoms with Crippen LogP contribution in [0.15, 0.2) is 97.1 Å². The first-order chi connectivity index (χ1) is 22.2. The predicted molar refractivity (Wildman–Crippen MR) is 198 cm³/mol. The second-order valence-corrected chi connectivity index (χ2v) is 12.7. The smallest absolute Gasteiger partial charge is 0.0619 e. The van der Waals surface area contributed by atoms with Crippen LogP contribution in [0, 0.1) is 12.3 Å². The number of unbranched alkanes of at least 4 members (excludes halogenated alkanes) is 10. The quantitative estimate of drug-likeness (QED) is 0.0589. The topological polar surface area (TPSA) is 3.24 Å². The van der Waals surface area contributed by atoms with E-state index in [1.54, 1.807) is 0 Å². The van der Waals surface area contributed by atoms with Gasteiger partial charge in [-0.1, -0.05) is 157 Å².